The van der Waals surface area contributed by atoms with Crippen LogP contribution < -0.4 is 5.32 Å². The minimum atomic E-state index is -0.0928. The molecule has 7 heteroatoms. The average Bonchev–Trinajstić information content (AvgIpc) is 3.27. The first kappa shape index (κ1) is 19.8. The Morgan fingerprint density at radius 1 is 1.03 bits per heavy atom. The van der Waals surface area contributed by atoms with Crippen molar-refractivity contribution in [3.05, 3.63) is 65.6 Å². The fraction of sp³-hybridized carbons (Fsp3) is 0.304. The van der Waals surface area contributed by atoms with Crippen molar-refractivity contribution in [2.45, 2.75) is 26.7 Å². The second kappa shape index (κ2) is 8.49. The highest BCUT2D eigenvalue weighted by molar-refractivity contribution is 5.95. The number of amides is 2. The Labute approximate surface area is 175 Å². The number of pyridine rings is 1. The van der Waals surface area contributed by atoms with Crippen LogP contribution >= 0.6 is 0 Å². The molecule has 0 atom stereocenters. The normalized spacial score (nSPS) is 14.5. The van der Waals surface area contributed by atoms with Gasteiger partial charge in [-0.2, -0.15) is 5.10 Å². The zero-order valence-electron chi connectivity index (χ0n) is 17.2. The summed E-state index contributed by atoms with van der Waals surface area (Å²) in [5, 5.41) is 10.1. The van der Waals surface area contributed by atoms with Gasteiger partial charge in [0.1, 0.15) is 5.69 Å². The topological polar surface area (TPSA) is 91.0 Å². The molecule has 1 fully saturated rings. The van der Waals surface area contributed by atoms with Gasteiger partial charge in [-0.25, -0.2) is 0 Å². The third-order valence-electron chi connectivity index (χ3n) is 5.71. The molecular formula is C23H25N5O2. The van der Waals surface area contributed by atoms with Crippen LogP contribution in [0.25, 0.3) is 11.3 Å². The third-order valence-corrected chi connectivity index (χ3v) is 5.71. The minimum Gasteiger partial charge on any atom is -0.337 e. The maximum Gasteiger partial charge on any atom is 0.271 e. The lowest BCUT2D eigenvalue weighted by molar-refractivity contribution is -0.121. The number of hydrogen-bond donors (Lipinski definition) is 2. The highest BCUT2D eigenvalue weighted by Gasteiger charge is 2.28. The summed E-state index contributed by atoms with van der Waals surface area (Å²) in [7, 11) is 0. The van der Waals surface area contributed by atoms with Gasteiger partial charge in [0, 0.05) is 42.7 Å². The van der Waals surface area contributed by atoms with Gasteiger partial charge in [0.15, 0.2) is 0 Å². The van der Waals surface area contributed by atoms with Crippen LogP contribution in [-0.4, -0.2) is 45.0 Å². The van der Waals surface area contributed by atoms with Gasteiger partial charge in [-0.05, 0) is 68.1 Å². The molecule has 1 aliphatic rings. The molecule has 1 aromatic carbocycles. The molecule has 0 unspecified atom stereocenters. The third kappa shape index (κ3) is 4.25. The van der Waals surface area contributed by atoms with E-state index in [-0.39, 0.29) is 17.7 Å². The molecule has 0 saturated carbocycles. The summed E-state index contributed by atoms with van der Waals surface area (Å²) < 4.78 is 0. The second-order valence-corrected chi connectivity index (χ2v) is 7.76. The standard InChI is InChI=1S/C23H25N5O2/c1-15-3-4-19(13-16(15)2)25-22(29)18-7-11-28(12-8-18)23(30)21-14-20(26-27-21)17-5-9-24-10-6-17/h3-6,9-10,13-14,18H,7-8,11-12H2,1-2H3,(H,25,29)(H,26,27). The van der Waals surface area contributed by atoms with E-state index in [0.717, 1.165) is 16.8 Å². The zero-order valence-corrected chi connectivity index (χ0v) is 17.2. The van der Waals surface area contributed by atoms with Crippen LogP contribution in [0.2, 0.25) is 0 Å². The highest BCUT2D eigenvalue weighted by atomic mass is 16.2. The number of carbonyl (C=O) groups is 2. The number of aromatic amines is 1. The van der Waals surface area contributed by atoms with E-state index in [2.05, 4.69) is 20.5 Å². The summed E-state index contributed by atoms with van der Waals surface area (Å²) in [4.78, 5) is 31.2. The van der Waals surface area contributed by atoms with Crippen molar-refractivity contribution in [2.75, 3.05) is 18.4 Å². The number of H-pyrrole nitrogens is 1. The van der Waals surface area contributed by atoms with Crippen molar-refractivity contribution in [3.8, 4) is 11.3 Å². The summed E-state index contributed by atoms with van der Waals surface area (Å²) in [6.07, 6.45) is 4.68. The number of aromatic nitrogens is 3. The molecule has 0 radical (unpaired) electrons. The lowest BCUT2D eigenvalue weighted by Crippen LogP contribution is -2.41. The van der Waals surface area contributed by atoms with Crippen LogP contribution in [-0.2, 0) is 4.79 Å². The minimum absolute atomic E-state index is 0.0202. The smallest absolute Gasteiger partial charge is 0.271 e. The molecule has 1 saturated heterocycles. The number of nitrogens with one attached hydrogen (secondary N) is 2. The first-order valence-electron chi connectivity index (χ1n) is 10.1. The van der Waals surface area contributed by atoms with Crippen LogP contribution in [0.5, 0.6) is 0 Å². The number of benzene rings is 1. The lowest BCUT2D eigenvalue weighted by atomic mass is 9.95. The van der Waals surface area contributed by atoms with E-state index in [1.165, 1.54) is 5.56 Å². The van der Waals surface area contributed by atoms with Crippen LogP contribution in [0.4, 0.5) is 5.69 Å². The molecule has 0 aliphatic carbocycles. The molecule has 2 amide bonds. The monoisotopic (exact) mass is 403 g/mol. The van der Waals surface area contributed by atoms with Crippen LogP contribution in [0, 0.1) is 19.8 Å². The molecule has 2 aromatic heterocycles. The van der Waals surface area contributed by atoms with E-state index in [1.54, 1.807) is 23.4 Å². The molecule has 2 N–H and O–H groups in total. The Balaban J connectivity index is 1.34. The molecule has 0 bridgehead atoms. The molecule has 4 rings (SSSR count). The van der Waals surface area contributed by atoms with E-state index >= 15 is 0 Å². The summed E-state index contributed by atoms with van der Waals surface area (Å²) in [6.45, 7) is 5.18. The maximum atomic E-state index is 12.8. The predicted molar refractivity (Wildman–Crippen MR) is 115 cm³/mol. The molecular weight excluding hydrogens is 378 g/mol. The molecule has 3 aromatic rings. The van der Waals surface area contributed by atoms with Gasteiger partial charge in [0.2, 0.25) is 5.91 Å². The van der Waals surface area contributed by atoms with Gasteiger partial charge in [-0.1, -0.05) is 6.07 Å². The molecule has 0 spiro atoms. The maximum absolute atomic E-state index is 12.8. The number of anilines is 1. The Hall–Kier alpha value is -3.48. The molecule has 30 heavy (non-hydrogen) atoms. The molecule has 154 valence electrons. The second-order valence-electron chi connectivity index (χ2n) is 7.76. The largest absolute Gasteiger partial charge is 0.337 e. The van der Waals surface area contributed by atoms with Crippen molar-refractivity contribution in [2.24, 2.45) is 5.92 Å². The summed E-state index contributed by atoms with van der Waals surface area (Å²) in [5.41, 5.74) is 5.25. The van der Waals surface area contributed by atoms with E-state index in [9.17, 15) is 9.59 Å². The van der Waals surface area contributed by atoms with E-state index < -0.39 is 0 Å². The predicted octanol–water partition coefficient (Wildman–Crippen LogP) is 3.58. The average molecular weight is 403 g/mol. The first-order valence-corrected chi connectivity index (χ1v) is 10.1. The van der Waals surface area contributed by atoms with E-state index in [1.807, 2.05) is 44.2 Å². The Morgan fingerprint density at radius 3 is 2.47 bits per heavy atom. The first-order chi connectivity index (χ1) is 14.5. The number of piperidine rings is 1. The fourth-order valence-corrected chi connectivity index (χ4v) is 3.68. The SMILES string of the molecule is Cc1ccc(NC(=O)C2CCN(C(=O)c3cc(-c4ccncc4)n[nH]3)CC2)cc1C. The van der Waals surface area contributed by atoms with Gasteiger partial charge in [-0.3, -0.25) is 19.7 Å². The van der Waals surface area contributed by atoms with Crippen molar-refractivity contribution >= 4 is 17.5 Å². The van der Waals surface area contributed by atoms with Crippen LogP contribution in [0.15, 0.2) is 48.8 Å². The number of likely N-dealkylation sites (tertiary alicyclic amines) is 1. The van der Waals surface area contributed by atoms with Gasteiger partial charge in [-0.15, -0.1) is 0 Å². The highest BCUT2D eigenvalue weighted by Crippen LogP contribution is 2.23. The summed E-state index contributed by atoms with van der Waals surface area (Å²) in [5.74, 6) is -0.160. The van der Waals surface area contributed by atoms with Gasteiger partial charge >= 0.3 is 0 Å². The van der Waals surface area contributed by atoms with Crippen molar-refractivity contribution in [3.63, 3.8) is 0 Å². The molecule has 1 aliphatic heterocycles. The van der Waals surface area contributed by atoms with Crippen LogP contribution in [0.3, 0.4) is 0 Å². The fourth-order valence-electron chi connectivity index (χ4n) is 3.68. The van der Waals surface area contributed by atoms with Crippen molar-refractivity contribution < 1.29 is 9.59 Å². The molecule has 3 heterocycles. The number of carbonyl (C=O) groups excluding carboxylic acids is 2. The zero-order chi connectivity index (χ0) is 21.1. The molecule has 7 nitrogen and oxygen atoms in total. The van der Waals surface area contributed by atoms with E-state index in [4.69, 9.17) is 0 Å². The van der Waals surface area contributed by atoms with Gasteiger partial charge < -0.3 is 10.2 Å². The number of aryl methyl sites for hydroxylation is 2. The number of nitrogens with zero attached hydrogens (tertiary/aromatic N) is 3. The van der Waals surface area contributed by atoms with Gasteiger partial charge in [0.05, 0.1) is 5.69 Å². The Bertz CT molecular complexity index is 1050. The number of rotatable bonds is 4. The Morgan fingerprint density at radius 2 is 1.77 bits per heavy atom. The van der Waals surface area contributed by atoms with E-state index in [0.29, 0.717) is 37.3 Å². The van der Waals surface area contributed by atoms with Gasteiger partial charge in [0.25, 0.3) is 5.91 Å². The van der Waals surface area contributed by atoms with Crippen molar-refractivity contribution in [1.82, 2.24) is 20.1 Å². The lowest BCUT2D eigenvalue weighted by Gasteiger charge is -2.31. The summed E-state index contributed by atoms with van der Waals surface area (Å²) in [6, 6.07) is 11.4. The Kier molecular flexibility index (Phi) is 5.61. The quantitative estimate of drug-likeness (QED) is 0.697. The van der Waals surface area contributed by atoms with Crippen LogP contribution in [0.1, 0.15) is 34.5 Å². The van der Waals surface area contributed by atoms with Crippen molar-refractivity contribution in [1.29, 1.82) is 0 Å². The summed E-state index contributed by atoms with van der Waals surface area (Å²) >= 11 is 0. The number of hydrogen-bond acceptors (Lipinski definition) is 4.